The molecule has 0 atom stereocenters. The summed E-state index contributed by atoms with van der Waals surface area (Å²) in [5.74, 6) is 0.771. The van der Waals surface area contributed by atoms with Crippen molar-refractivity contribution in [2.45, 2.75) is 27.4 Å². The van der Waals surface area contributed by atoms with Crippen molar-refractivity contribution in [1.82, 2.24) is 4.98 Å². The number of nitrogens with zero attached hydrogens (tertiary/aromatic N) is 1. The summed E-state index contributed by atoms with van der Waals surface area (Å²) >= 11 is 0. The zero-order valence-electron chi connectivity index (χ0n) is 14.1. The zero-order chi connectivity index (χ0) is 16.8. The van der Waals surface area contributed by atoms with Gasteiger partial charge in [0.2, 0.25) is 0 Å². The fourth-order valence-electron chi connectivity index (χ4n) is 3.41. The summed E-state index contributed by atoms with van der Waals surface area (Å²) in [5, 5.41) is 11.9. The number of aliphatic hydroxyl groups is 1. The number of furan rings is 1. The highest BCUT2D eigenvalue weighted by atomic mass is 16.3. The van der Waals surface area contributed by atoms with Crippen LogP contribution in [-0.4, -0.2) is 10.1 Å². The van der Waals surface area contributed by atoms with Gasteiger partial charge in [0.05, 0.1) is 12.1 Å². The summed E-state index contributed by atoms with van der Waals surface area (Å²) < 4.78 is 6.05. The van der Waals surface area contributed by atoms with Gasteiger partial charge in [0.1, 0.15) is 11.3 Å². The van der Waals surface area contributed by atoms with E-state index in [-0.39, 0.29) is 6.61 Å². The normalized spacial score (nSPS) is 11.5. The van der Waals surface area contributed by atoms with Gasteiger partial charge < -0.3 is 9.52 Å². The number of hydrogen-bond donors (Lipinski definition) is 1. The maximum Gasteiger partial charge on any atom is 0.156 e. The number of aliphatic hydroxyl groups excluding tert-OH is 1. The van der Waals surface area contributed by atoms with E-state index >= 15 is 0 Å². The quantitative estimate of drug-likeness (QED) is 0.562. The molecule has 0 radical (unpaired) electrons. The van der Waals surface area contributed by atoms with Gasteiger partial charge in [-0.1, -0.05) is 29.8 Å². The first-order chi connectivity index (χ1) is 11.6. The highest BCUT2D eigenvalue weighted by Crippen LogP contribution is 2.34. The molecule has 4 aromatic rings. The molecule has 0 aliphatic heterocycles. The van der Waals surface area contributed by atoms with E-state index in [1.165, 1.54) is 5.56 Å². The van der Waals surface area contributed by atoms with Crippen molar-refractivity contribution in [3.63, 3.8) is 0 Å². The largest absolute Gasteiger partial charge is 0.454 e. The van der Waals surface area contributed by atoms with Gasteiger partial charge in [0.15, 0.2) is 5.76 Å². The highest BCUT2D eigenvalue weighted by molar-refractivity contribution is 5.91. The molecular weight excluding hydrogens is 298 g/mol. The molecule has 120 valence electrons. The number of hydrogen-bond acceptors (Lipinski definition) is 3. The van der Waals surface area contributed by atoms with Crippen molar-refractivity contribution in [3.05, 3.63) is 64.7 Å². The van der Waals surface area contributed by atoms with Gasteiger partial charge in [-0.2, -0.15) is 0 Å². The van der Waals surface area contributed by atoms with Crippen LogP contribution in [0.3, 0.4) is 0 Å². The SMILES string of the molecule is Cc1cc(C)c2nc(-c3oc4ccccc4c3C)cc(CO)c2c1. The lowest BCUT2D eigenvalue weighted by Crippen LogP contribution is -1.95. The molecule has 1 N–H and O–H groups in total. The standard InChI is InChI=1S/C21H19NO2/c1-12-8-13(2)20-17(9-12)15(11-23)10-18(22-20)21-14(3)16-6-4-5-7-19(16)24-21/h4-10,23H,11H2,1-3H3. The van der Waals surface area contributed by atoms with Crippen molar-refractivity contribution in [2.75, 3.05) is 0 Å². The van der Waals surface area contributed by atoms with Gasteiger partial charge in [0, 0.05) is 16.3 Å². The minimum absolute atomic E-state index is 0.0197. The van der Waals surface area contributed by atoms with Crippen LogP contribution in [0.2, 0.25) is 0 Å². The average molecular weight is 317 g/mol. The van der Waals surface area contributed by atoms with Crippen LogP contribution in [0.5, 0.6) is 0 Å². The third-order valence-corrected chi connectivity index (χ3v) is 4.58. The van der Waals surface area contributed by atoms with E-state index in [1.807, 2.05) is 31.2 Å². The van der Waals surface area contributed by atoms with Gasteiger partial charge in [0.25, 0.3) is 0 Å². The molecule has 0 unspecified atom stereocenters. The predicted molar refractivity (Wildman–Crippen MR) is 97.1 cm³/mol. The summed E-state index contributed by atoms with van der Waals surface area (Å²) in [6.45, 7) is 6.14. The maximum absolute atomic E-state index is 9.84. The second-order valence-corrected chi connectivity index (χ2v) is 6.36. The average Bonchev–Trinajstić information content (AvgIpc) is 2.91. The Balaban J connectivity index is 2.04. The van der Waals surface area contributed by atoms with E-state index in [2.05, 4.69) is 32.0 Å². The minimum atomic E-state index is -0.0197. The molecule has 4 rings (SSSR count). The Kier molecular flexibility index (Phi) is 3.39. The molecule has 2 aromatic heterocycles. The first kappa shape index (κ1) is 14.9. The summed E-state index contributed by atoms with van der Waals surface area (Å²) in [4.78, 5) is 4.85. The lowest BCUT2D eigenvalue weighted by molar-refractivity contribution is 0.283. The Labute approximate surface area is 140 Å². The number of benzene rings is 2. The predicted octanol–water partition coefficient (Wildman–Crippen LogP) is 5.07. The molecule has 2 aromatic carbocycles. The molecule has 0 fully saturated rings. The van der Waals surface area contributed by atoms with Crippen LogP contribution in [0, 0.1) is 20.8 Å². The van der Waals surface area contributed by atoms with Gasteiger partial charge in [-0.05, 0) is 50.1 Å². The van der Waals surface area contributed by atoms with E-state index in [4.69, 9.17) is 9.40 Å². The summed E-state index contributed by atoms with van der Waals surface area (Å²) in [7, 11) is 0. The topological polar surface area (TPSA) is 46.3 Å². The van der Waals surface area contributed by atoms with Crippen LogP contribution in [-0.2, 0) is 6.61 Å². The number of fused-ring (bicyclic) bond motifs is 2. The van der Waals surface area contributed by atoms with E-state index < -0.39 is 0 Å². The van der Waals surface area contributed by atoms with Crippen molar-refractivity contribution in [3.8, 4) is 11.5 Å². The third-order valence-electron chi connectivity index (χ3n) is 4.58. The number of para-hydroxylation sites is 1. The van der Waals surface area contributed by atoms with Crippen LogP contribution in [0.4, 0.5) is 0 Å². The van der Waals surface area contributed by atoms with Crippen molar-refractivity contribution in [1.29, 1.82) is 0 Å². The van der Waals surface area contributed by atoms with Crippen LogP contribution in [0.15, 0.2) is 46.9 Å². The van der Waals surface area contributed by atoms with Crippen molar-refractivity contribution >= 4 is 21.9 Å². The molecule has 0 aliphatic carbocycles. The van der Waals surface area contributed by atoms with E-state index in [0.717, 1.165) is 50.0 Å². The molecule has 0 bridgehead atoms. The molecular formula is C21H19NO2. The maximum atomic E-state index is 9.84. The Morgan fingerprint density at radius 3 is 2.54 bits per heavy atom. The fraction of sp³-hybridized carbons (Fsp3) is 0.190. The summed E-state index contributed by atoms with van der Waals surface area (Å²) in [6.07, 6.45) is 0. The summed E-state index contributed by atoms with van der Waals surface area (Å²) in [5.41, 5.74) is 6.78. The van der Waals surface area contributed by atoms with Crippen LogP contribution in [0.25, 0.3) is 33.3 Å². The molecule has 0 saturated heterocycles. The monoisotopic (exact) mass is 317 g/mol. The Hall–Kier alpha value is -2.65. The number of pyridine rings is 1. The van der Waals surface area contributed by atoms with E-state index in [1.54, 1.807) is 0 Å². The smallest absolute Gasteiger partial charge is 0.156 e. The minimum Gasteiger partial charge on any atom is -0.454 e. The third kappa shape index (κ3) is 2.21. The second-order valence-electron chi connectivity index (χ2n) is 6.36. The summed E-state index contributed by atoms with van der Waals surface area (Å²) in [6, 6.07) is 14.1. The number of rotatable bonds is 2. The molecule has 0 spiro atoms. The molecule has 0 aliphatic rings. The lowest BCUT2D eigenvalue weighted by atomic mass is 10.0. The van der Waals surface area contributed by atoms with Gasteiger partial charge in [-0.15, -0.1) is 0 Å². The molecule has 24 heavy (non-hydrogen) atoms. The molecule has 3 nitrogen and oxygen atoms in total. The van der Waals surface area contributed by atoms with Gasteiger partial charge >= 0.3 is 0 Å². The zero-order valence-corrected chi connectivity index (χ0v) is 14.1. The molecule has 2 heterocycles. The van der Waals surface area contributed by atoms with E-state index in [9.17, 15) is 5.11 Å². The van der Waals surface area contributed by atoms with E-state index in [0.29, 0.717) is 0 Å². The fourth-order valence-corrected chi connectivity index (χ4v) is 3.41. The molecule has 0 amide bonds. The lowest BCUT2D eigenvalue weighted by Gasteiger charge is -2.10. The van der Waals surface area contributed by atoms with Gasteiger partial charge in [-0.3, -0.25) is 0 Å². The van der Waals surface area contributed by atoms with Crippen molar-refractivity contribution < 1.29 is 9.52 Å². The highest BCUT2D eigenvalue weighted by Gasteiger charge is 2.16. The van der Waals surface area contributed by atoms with Crippen LogP contribution >= 0.6 is 0 Å². The Morgan fingerprint density at radius 2 is 1.79 bits per heavy atom. The number of aromatic nitrogens is 1. The van der Waals surface area contributed by atoms with Gasteiger partial charge in [-0.25, -0.2) is 4.98 Å². The first-order valence-corrected chi connectivity index (χ1v) is 8.08. The number of aryl methyl sites for hydroxylation is 3. The second kappa shape index (κ2) is 5.46. The Bertz CT molecular complexity index is 1080. The molecule has 3 heteroatoms. The van der Waals surface area contributed by atoms with Crippen molar-refractivity contribution in [2.24, 2.45) is 0 Å². The first-order valence-electron chi connectivity index (χ1n) is 8.08. The van der Waals surface area contributed by atoms with Crippen LogP contribution < -0.4 is 0 Å². The molecule has 0 saturated carbocycles. The van der Waals surface area contributed by atoms with Crippen LogP contribution in [0.1, 0.15) is 22.3 Å². The Morgan fingerprint density at radius 1 is 1.00 bits per heavy atom.